The third-order valence-corrected chi connectivity index (χ3v) is 9.43. The van der Waals surface area contributed by atoms with Gasteiger partial charge in [0.1, 0.15) is 6.07 Å². The molecule has 0 saturated heterocycles. The van der Waals surface area contributed by atoms with Crippen LogP contribution in [0.25, 0.3) is 77.2 Å². The fourth-order valence-corrected chi connectivity index (χ4v) is 7.40. The van der Waals surface area contributed by atoms with E-state index in [4.69, 9.17) is 0 Å². The highest BCUT2D eigenvalue weighted by Crippen LogP contribution is 2.41. The highest BCUT2D eigenvalue weighted by molar-refractivity contribution is 6.12. The predicted molar refractivity (Wildman–Crippen MR) is 195 cm³/mol. The Labute approximate surface area is 277 Å². The second-order valence-corrected chi connectivity index (χ2v) is 11.9. The molecule has 2 heterocycles. The molecule has 0 bridgehead atoms. The summed E-state index contributed by atoms with van der Waals surface area (Å²) in [4.78, 5) is 0. The van der Waals surface area contributed by atoms with Crippen molar-refractivity contribution < 1.29 is 0 Å². The Bertz CT molecular complexity index is 2760. The van der Waals surface area contributed by atoms with Crippen molar-refractivity contribution in [2.45, 2.75) is 0 Å². The summed E-state index contributed by atoms with van der Waals surface area (Å²) in [5.41, 5.74) is 11.6. The van der Waals surface area contributed by atoms with Crippen molar-refractivity contribution in [1.29, 1.82) is 10.5 Å². The van der Waals surface area contributed by atoms with Crippen LogP contribution < -0.4 is 0 Å². The molecule has 4 heteroatoms. The topological polar surface area (TPSA) is 57.4 Å². The van der Waals surface area contributed by atoms with Crippen molar-refractivity contribution in [3.8, 4) is 45.8 Å². The van der Waals surface area contributed by atoms with E-state index < -0.39 is 0 Å². The normalized spacial score (nSPS) is 11.3. The monoisotopic (exact) mass is 610 g/mol. The highest BCUT2D eigenvalue weighted by atomic mass is 15.0. The molecule has 0 atom stereocenters. The largest absolute Gasteiger partial charge is 0.309 e. The first-order valence-electron chi connectivity index (χ1n) is 15.9. The van der Waals surface area contributed by atoms with Crippen molar-refractivity contribution in [3.63, 3.8) is 0 Å². The Hall–Kier alpha value is -6.88. The average molecular weight is 611 g/mol. The van der Waals surface area contributed by atoms with Crippen molar-refractivity contribution in [1.82, 2.24) is 9.13 Å². The molecule has 0 amide bonds. The molecule has 0 radical (unpaired) electrons. The van der Waals surface area contributed by atoms with Crippen LogP contribution in [0.2, 0.25) is 0 Å². The SMILES string of the molecule is N#Cc1ccc(-c2ccccc2-c2ccccc2-n2c3ccccc3c3c(C#N)cccc32)cc1-n1c2ccccc2c2ccccc21. The van der Waals surface area contributed by atoms with E-state index in [0.717, 1.165) is 77.2 Å². The first-order chi connectivity index (χ1) is 23.8. The number of nitrogens with zero attached hydrogens (tertiary/aromatic N) is 4. The lowest BCUT2D eigenvalue weighted by Crippen LogP contribution is -2.00. The Morgan fingerprint density at radius 3 is 1.58 bits per heavy atom. The summed E-state index contributed by atoms with van der Waals surface area (Å²) in [5, 5.41) is 24.7. The zero-order chi connectivity index (χ0) is 32.2. The first kappa shape index (κ1) is 27.4. The van der Waals surface area contributed by atoms with E-state index in [0.29, 0.717) is 11.1 Å². The van der Waals surface area contributed by atoms with Gasteiger partial charge in [0.15, 0.2) is 0 Å². The number of nitriles is 2. The van der Waals surface area contributed by atoms with Gasteiger partial charge in [-0.1, -0.05) is 109 Å². The zero-order valence-electron chi connectivity index (χ0n) is 25.8. The fraction of sp³-hybridized carbons (Fsp3) is 0. The van der Waals surface area contributed by atoms with Crippen LogP contribution in [-0.2, 0) is 0 Å². The van der Waals surface area contributed by atoms with Gasteiger partial charge in [0, 0.05) is 27.1 Å². The smallest absolute Gasteiger partial charge is 0.101 e. The Morgan fingerprint density at radius 1 is 0.375 bits per heavy atom. The number of benzene rings is 7. The number of para-hydroxylation sites is 4. The van der Waals surface area contributed by atoms with Gasteiger partial charge in [0.2, 0.25) is 0 Å². The van der Waals surface area contributed by atoms with Gasteiger partial charge in [-0.15, -0.1) is 0 Å². The molecule has 0 spiro atoms. The van der Waals surface area contributed by atoms with Gasteiger partial charge in [0.05, 0.1) is 50.6 Å². The van der Waals surface area contributed by atoms with Crippen LogP contribution in [0.1, 0.15) is 11.1 Å². The third kappa shape index (κ3) is 4.01. The van der Waals surface area contributed by atoms with E-state index in [1.165, 1.54) is 0 Å². The summed E-state index contributed by atoms with van der Waals surface area (Å²) in [7, 11) is 0. The number of fused-ring (bicyclic) bond motifs is 6. The molecule has 0 aliphatic rings. The molecule has 0 aliphatic heterocycles. The maximum Gasteiger partial charge on any atom is 0.101 e. The van der Waals surface area contributed by atoms with Gasteiger partial charge < -0.3 is 9.13 Å². The minimum Gasteiger partial charge on any atom is -0.309 e. The molecule has 0 aliphatic carbocycles. The molecule has 0 unspecified atom stereocenters. The summed E-state index contributed by atoms with van der Waals surface area (Å²) in [6.07, 6.45) is 0. The predicted octanol–water partition coefficient (Wildman–Crippen LogP) is 11.0. The molecule has 222 valence electrons. The van der Waals surface area contributed by atoms with Crippen molar-refractivity contribution in [2.75, 3.05) is 0 Å². The molecule has 48 heavy (non-hydrogen) atoms. The van der Waals surface area contributed by atoms with E-state index in [9.17, 15) is 10.5 Å². The Morgan fingerprint density at radius 2 is 0.896 bits per heavy atom. The number of aromatic nitrogens is 2. The minimum absolute atomic E-state index is 0.613. The maximum atomic E-state index is 10.3. The van der Waals surface area contributed by atoms with Crippen LogP contribution in [-0.4, -0.2) is 9.13 Å². The molecule has 0 N–H and O–H groups in total. The van der Waals surface area contributed by atoms with Crippen LogP contribution in [0, 0.1) is 22.7 Å². The number of hydrogen-bond acceptors (Lipinski definition) is 2. The van der Waals surface area contributed by atoms with Crippen LogP contribution >= 0.6 is 0 Å². The van der Waals surface area contributed by atoms with E-state index in [1.54, 1.807) is 0 Å². The lowest BCUT2D eigenvalue weighted by molar-refractivity contribution is 1.17. The van der Waals surface area contributed by atoms with Gasteiger partial charge >= 0.3 is 0 Å². The summed E-state index contributed by atoms with van der Waals surface area (Å²) in [5.74, 6) is 0. The quantitative estimate of drug-likeness (QED) is 0.199. The van der Waals surface area contributed by atoms with Gasteiger partial charge in [-0.25, -0.2) is 0 Å². The third-order valence-electron chi connectivity index (χ3n) is 9.43. The molecular weight excluding hydrogens is 585 g/mol. The number of rotatable bonds is 4. The van der Waals surface area contributed by atoms with Gasteiger partial charge in [-0.2, -0.15) is 10.5 Å². The van der Waals surface area contributed by atoms with Gasteiger partial charge in [0.25, 0.3) is 0 Å². The summed E-state index contributed by atoms with van der Waals surface area (Å²) < 4.78 is 4.49. The molecule has 9 rings (SSSR count). The molecule has 7 aromatic carbocycles. The molecule has 0 fully saturated rings. The molecule has 0 saturated carbocycles. The lowest BCUT2D eigenvalue weighted by Gasteiger charge is -2.18. The second kappa shape index (κ2) is 10.9. The van der Waals surface area contributed by atoms with E-state index in [1.807, 2.05) is 42.5 Å². The van der Waals surface area contributed by atoms with Crippen LogP contribution in [0.4, 0.5) is 0 Å². The van der Waals surface area contributed by atoms with Crippen molar-refractivity contribution in [3.05, 3.63) is 169 Å². The van der Waals surface area contributed by atoms with E-state index in [-0.39, 0.29) is 0 Å². The summed E-state index contributed by atoms with van der Waals surface area (Å²) in [6, 6.07) is 58.9. The van der Waals surface area contributed by atoms with Crippen molar-refractivity contribution >= 4 is 43.6 Å². The van der Waals surface area contributed by atoms with Gasteiger partial charge in [-0.05, 0) is 65.2 Å². The zero-order valence-corrected chi connectivity index (χ0v) is 25.8. The van der Waals surface area contributed by atoms with Crippen molar-refractivity contribution in [2.24, 2.45) is 0 Å². The van der Waals surface area contributed by atoms with Crippen LogP contribution in [0.15, 0.2) is 158 Å². The minimum atomic E-state index is 0.613. The van der Waals surface area contributed by atoms with Crippen LogP contribution in [0.3, 0.4) is 0 Å². The standard InChI is InChI=1S/C44H26N4/c45-27-30-25-24-29(26-43(30)48-39-20-8-4-16-35(39)36-17-5-9-21-40(36)48)32-13-1-2-14-33(32)34-15-3-7-19-38(34)47-41-22-10-6-18-37(41)44-31(28-46)12-11-23-42(44)47/h1-26H. The molecule has 2 aromatic heterocycles. The van der Waals surface area contributed by atoms with Gasteiger partial charge in [-0.3, -0.25) is 0 Å². The Kier molecular flexibility index (Phi) is 6.22. The number of hydrogen-bond donors (Lipinski definition) is 0. The average Bonchev–Trinajstić information content (AvgIpc) is 3.68. The van der Waals surface area contributed by atoms with E-state index >= 15 is 0 Å². The molecular formula is C44H26N4. The second-order valence-electron chi connectivity index (χ2n) is 11.9. The highest BCUT2D eigenvalue weighted by Gasteiger charge is 2.20. The van der Waals surface area contributed by atoms with E-state index in [2.05, 4.69) is 137 Å². The van der Waals surface area contributed by atoms with Crippen LogP contribution in [0.5, 0.6) is 0 Å². The maximum absolute atomic E-state index is 10.3. The fourth-order valence-electron chi connectivity index (χ4n) is 7.40. The first-order valence-corrected chi connectivity index (χ1v) is 15.9. The molecule has 4 nitrogen and oxygen atoms in total. The molecule has 9 aromatic rings. The lowest BCUT2D eigenvalue weighted by atomic mass is 9.92. The Balaban J connectivity index is 1.30. The summed E-state index contributed by atoms with van der Waals surface area (Å²) in [6.45, 7) is 0. The summed E-state index contributed by atoms with van der Waals surface area (Å²) >= 11 is 0.